The van der Waals surface area contributed by atoms with Crippen LogP contribution >= 0.6 is 34.8 Å². The van der Waals surface area contributed by atoms with E-state index in [1.165, 1.54) is 4.52 Å². The van der Waals surface area contributed by atoms with Crippen LogP contribution in [0.1, 0.15) is 12.7 Å². The first-order valence-electron chi connectivity index (χ1n) is 6.54. The molecule has 0 atom stereocenters. The Bertz CT molecular complexity index is 834. The van der Waals surface area contributed by atoms with Gasteiger partial charge in [0.05, 0.1) is 10.7 Å². The molecule has 5 nitrogen and oxygen atoms in total. The quantitative estimate of drug-likeness (QED) is 0.654. The lowest BCUT2D eigenvalue weighted by molar-refractivity contribution is 0.128. The van der Waals surface area contributed by atoms with E-state index in [9.17, 15) is 0 Å². The average molecular weight is 358 g/mol. The van der Waals surface area contributed by atoms with Gasteiger partial charge in [0, 0.05) is 23.3 Å². The molecule has 2 heterocycles. The van der Waals surface area contributed by atoms with Gasteiger partial charge >= 0.3 is 0 Å². The molecule has 3 aromatic rings. The third-order valence-corrected chi connectivity index (χ3v) is 3.76. The molecule has 0 aliphatic heterocycles. The van der Waals surface area contributed by atoms with Gasteiger partial charge in [0.1, 0.15) is 6.61 Å². The van der Waals surface area contributed by atoms with Gasteiger partial charge in [0.2, 0.25) is 5.28 Å². The van der Waals surface area contributed by atoms with Crippen molar-refractivity contribution in [1.29, 1.82) is 0 Å². The van der Waals surface area contributed by atoms with Crippen LogP contribution in [0.3, 0.4) is 0 Å². The fourth-order valence-electron chi connectivity index (χ4n) is 1.99. The Morgan fingerprint density at radius 1 is 1.14 bits per heavy atom. The number of hydrogen-bond acceptors (Lipinski definition) is 4. The van der Waals surface area contributed by atoms with Crippen LogP contribution in [0.4, 0.5) is 0 Å². The van der Waals surface area contributed by atoms with Crippen molar-refractivity contribution in [2.45, 2.75) is 13.5 Å². The van der Waals surface area contributed by atoms with Crippen molar-refractivity contribution < 1.29 is 4.74 Å². The van der Waals surface area contributed by atoms with Crippen molar-refractivity contribution in [3.05, 3.63) is 45.4 Å². The van der Waals surface area contributed by atoms with Gasteiger partial charge < -0.3 is 4.74 Å². The number of halogens is 3. The highest BCUT2D eigenvalue weighted by Crippen LogP contribution is 2.30. The van der Waals surface area contributed by atoms with E-state index in [1.54, 1.807) is 24.3 Å². The molecule has 0 amide bonds. The first-order chi connectivity index (χ1) is 10.6. The molecule has 0 unspecified atom stereocenters. The first-order valence-corrected chi connectivity index (χ1v) is 7.67. The van der Waals surface area contributed by atoms with Crippen LogP contribution in [0.2, 0.25) is 15.3 Å². The predicted molar refractivity (Wildman–Crippen MR) is 86.6 cm³/mol. The Hall–Kier alpha value is -1.40. The minimum atomic E-state index is 0.203. The van der Waals surface area contributed by atoms with Crippen LogP contribution in [0, 0.1) is 0 Å². The van der Waals surface area contributed by atoms with E-state index < -0.39 is 0 Å². The Morgan fingerprint density at radius 2 is 1.95 bits per heavy atom. The summed E-state index contributed by atoms with van der Waals surface area (Å²) in [4.78, 5) is 8.69. The molecule has 8 heteroatoms. The molecule has 114 valence electrons. The number of benzene rings is 1. The lowest BCUT2D eigenvalue weighted by Crippen LogP contribution is -1.97. The number of fused-ring (bicyclic) bond motifs is 1. The van der Waals surface area contributed by atoms with Gasteiger partial charge in [-0.15, -0.1) is 5.10 Å². The van der Waals surface area contributed by atoms with Gasteiger partial charge in [0.15, 0.2) is 11.5 Å². The second kappa shape index (κ2) is 6.38. The summed E-state index contributed by atoms with van der Waals surface area (Å²) in [6.45, 7) is 2.82. The van der Waals surface area contributed by atoms with E-state index in [-0.39, 0.29) is 5.28 Å². The molecule has 0 saturated heterocycles. The van der Waals surface area contributed by atoms with Crippen molar-refractivity contribution in [2.24, 2.45) is 0 Å². The van der Waals surface area contributed by atoms with Gasteiger partial charge in [-0.2, -0.15) is 4.52 Å². The summed E-state index contributed by atoms with van der Waals surface area (Å²) in [5, 5.41) is 5.51. The molecule has 2 aromatic heterocycles. The Kier molecular flexibility index (Phi) is 4.49. The van der Waals surface area contributed by atoms with E-state index in [1.807, 2.05) is 6.92 Å². The minimum absolute atomic E-state index is 0.203. The van der Waals surface area contributed by atoms with E-state index in [0.717, 1.165) is 5.56 Å². The van der Waals surface area contributed by atoms with Crippen LogP contribution in [-0.4, -0.2) is 26.2 Å². The maximum atomic E-state index is 6.21. The number of aromatic nitrogens is 4. The normalized spacial score (nSPS) is 11.3. The maximum absolute atomic E-state index is 6.21. The fraction of sp³-hybridized carbons (Fsp3) is 0.214. The van der Waals surface area contributed by atoms with Crippen LogP contribution in [0.15, 0.2) is 24.3 Å². The number of hydrogen-bond donors (Lipinski definition) is 0. The smallest absolute Gasteiger partial charge is 0.226 e. The largest absolute Gasteiger partial charge is 0.374 e. The van der Waals surface area contributed by atoms with Crippen molar-refractivity contribution in [3.63, 3.8) is 0 Å². The van der Waals surface area contributed by atoms with Crippen LogP contribution < -0.4 is 0 Å². The molecule has 22 heavy (non-hydrogen) atoms. The second-order valence-electron chi connectivity index (χ2n) is 4.47. The summed E-state index contributed by atoms with van der Waals surface area (Å²) in [6, 6.07) is 6.95. The zero-order chi connectivity index (χ0) is 15.7. The molecule has 1 aromatic carbocycles. The number of rotatable bonds is 4. The molecule has 0 aliphatic carbocycles. The highest BCUT2D eigenvalue weighted by molar-refractivity contribution is 6.36. The summed E-state index contributed by atoms with van der Waals surface area (Å²) in [5.74, 6) is 0.546. The molecule has 0 spiro atoms. The molecule has 3 rings (SSSR count). The third-order valence-electron chi connectivity index (χ3n) is 2.97. The van der Waals surface area contributed by atoms with Gasteiger partial charge in [-0.05, 0) is 36.7 Å². The summed E-state index contributed by atoms with van der Waals surface area (Å²) in [6.07, 6.45) is 0. The summed E-state index contributed by atoms with van der Waals surface area (Å²) in [7, 11) is 0. The summed E-state index contributed by atoms with van der Waals surface area (Å²) >= 11 is 18.3. The molecular formula is C14H11Cl3N4O. The zero-order valence-corrected chi connectivity index (χ0v) is 13.8. The zero-order valence-electron chi connectivity index (χ0n) is 11.6. The minimum Gasteiger partial charge on any atom is -0.374 e. The molecule has 0 fully saturated rings. The van der Waals surface area contributed by atoms with Crippen LogP contribution in [0.5, 0.6) is 0 Å². The van der Waals surface area contributed by atoms with Crippen molar-refractivity contribution in [1.82, 2.24) is 19.6 Å². The Morgan fingerprint density at radius 3 is 2.68 bits per heavy atom. The monoisotopic (exact) mass is 356 g/mol. The van der Waals surface area contributed by atoms with E-state index in [2.05, 4.69) is 15.1 Å². The molecule has 0 radical (unpaired) electrons. The number of nitrogens with zero attached hydrogens (tertiary/aromatic N) is 4. The summed E-state index contributed by atoms with van der Waals surface area (Å²) < 4.78 is 6.76. The topological polar surface area (TPSA) is 52.3 Å². The van der Waals surface area contributed by atoms with E-state index >= 15 is 0 Å². The third kappa shape index (κ3) is 3.03. The summed E-state index contributed by atoms with van der Waals surface area (Å²) in [5.41, 5.74) is 1.91. The lowest BCUT2D eigenvalue weighted by atomic mass is 10.1. The van der Waals surface area contributed by atoms with Crippen molar-refractivity contribution in [2.75, 3.05) is 6.61 Å². The highest BCUT2D eigenvalue weighted by Gasteiger charge is 2.13. The van der Waals surface area contributed by atoms with Gasteiger partial charge in [-0.1, -0.05) is 23.2 Å². The average Bonchev–Trinajstić information content (AvgIpc) is 2.88. The highest BCUT2D eigenvalue weighted by atomic mass is 35.5. The predicted octanol–water partition coefficient (Wildman–Crippen LogP) is 4.29. The molecule has 0 bridgehead atoms. The van der Waals surface area contributed by atoms with Crippen molar-refractivity contribution >= 4 is 40.4 Å². The molecule has 0 saturated carbocycles. The lowest BCUT2D eigenvalue weighted by Gasteiger charge is -2.05. The molecule has 0 N–H and O–H groups in total. The van der Waals surface area contributed by atoms with E-state index in [4.69, 9.17) is 39.5 Å². The second-order valence-corrected chi connectivity index (χ2v) is 5.65. The Balaban J connectivity index is 2.07. The number of ether oxygens (including phenoxy) is 1. The van der Waals surface area contributed by atoms with E-state index in [0.29, 0.717) is 40.4 Å². The maximum Gasteiger partial charge on any atom is 0.226 e. The SMILES string of the molecule is CCOCc1nc2cc(-c3ccc(Cl)cc3Cl)nc(Cl)n2n1. The fourth-order valence-corrected chi connectivity index (χ4v) is 2.71. The van der Waals surface area contributed by atoms with Gasteiger partial charge in [-0.25, -0.2) is 9.97 Å². The van der Waals surface area contributed by atoms with Crippen molar-refractivity contribution in [3.8, 4) is 11.3 Å². The first kappa shape index (κ1) is 15.5. The van der Waals surface area contributed by atoms with Crippen LogP contribution in [0.25, 0.3) is 16.9 Å². The van der Waals surface area contributed by atoms with Gasteiger partial charge in [0.25, 0.3) is 0 Å². The Labute approximate surface area is 141 Å². The van der Waals surface area contributed by atoms with Gasteiger partial charge in [-0.3, -0.25) is 0 Å². The molecular weight excluding hydrogens is 347 g/mol. The standard InChI is InChI=1S/C14H11Cl3N4O/c1-2-22-7-12-19-13-6-11(18-14(17)21(13)20-12)9-4-3-8(15)5-10(9)16/h3-6H,2,7H2,1H3. The molecule has 0 aliphatic rings. The van der Waals surface area contributed by atoms with Crippen LogP contribution in [-0.2, 0) is 11.3 Å².